The van der Waals surface area contributed by atoms with Gasteiger partial charge in [0.25, 0.3) is 0 Å². The van der Waals surface area contributed by atoms with Gasteiger partial charge in [-0.25, -0.2) is 0 Å². The average Bonchev–Trinajstić information content (AvgIpc) is 2.35. The van der Waals surface area contributed by atoms with E-state index in [4.69, 9.17) is 4.74 Å². The highest BCUT2D eigenvalue weighted by atomic mass is 16.5. The smallest absolute Gasteiger partial charge is 0.0593 e. The maximum absolute atomic E-state index is 5.67. The minimum atomic E-state index is 0.790. The van der Waals surface area contributed by atoms with E-state index in [0.29, 0.717) is 0 Å². The fourth-order valence-electron chi connectivity index (χ4n) is 2.46. The van der Waals surface area contributed by atoms with E-state index >= 15 is 0 Å². The molecule has 0 bridgehead atoms. The van der Waals surface area contributed by atoms with Crippen molar-refractivity contribution >= 4 is 0 Å². The lowest BCUT2D eigenvalue weighted by molar-refractivity contribution is 0.0709. The van der Waals surface area contributed by atoms with Gasteiger partial charge in [-0.1, -0.05) is 33.6 Å². The molecule has 1 aliphatic heterocycles. The molecule has 0 spiro atoms. The molecule has 0 aromatic rings. The number of piperazine rings is 1. The summed E-state index contributed by atoms with van der Waals surface area (Å²) in [6.45, 7) is 15.9. The molecule has 108 valence electrons. The summed E-state index contributed by atoms with van der Waals surface area (Å²) in [5.41, 5.74) is 0. The molecule has 1 heterocycles. The second-order valence-corrected chi connectivity index (χ2v) is 5.86. The Kier molecular flexibility index (Phi) is 8.64. The van der Waals surface area contributed by atoms with Gasteiger partial charge in [-0.3, -0.25) is 4.90 Å². The highest BCUT2D eigenvalue weighted by Crippen LogP contribution is 2.05. The van der Waals surface area contributed by atoms with Crippen LogP contribution in [0.3, 0.4) is 0 Å². The summed E-state index contributed by atoms with van der Waals surface area (Å²) in [6.07, 6.45) is 3.80. The normalized spacial score (nSPS) is 18.7. The number of hydrogen-bond acceptors (Lipinski definition) is 3. The first-order valence-corrected chi connectivity index (χ1v) is 7.74. The van der Waals surface area contributed by atoms with Gasteiger partial charge in [0.15, 0.2) is 0 Å². The first-order chi connectivity index (χ1) is 8.72. The van der Waals surface area contributed by atoms with Crippen LogP contribution in [0.15, 0.2) is 0 Å². The van der Waals surface area contributed by atoms with Gasteiger partial charge < -0.3 is 9.64 Å². The van der Waals surface area contributed by atoms with Crippen molar-refractivity contribution in [3.05, 3.63) is 0 Å². The van der Waals surface area contributed by atoms with Crippen LogP contribution in [0.1, 0.15) is 40.0 Å². The lowest BCUT2D eigenvalue weighted by Gasteiger charge is -2.35. The zero-order valence-electron chi connectivity index (χ0n) is 12.7. The van der Waals surface area contributed by atoms with Crippen molar-refractivity contribution in [1.82, 2.24) is 9.80 Å². The zero-order valence-corrected chi connectivity index (χ0v) is 12.7. The Bertz CT molecular complexity index is 189. The van der Waals surface area contributed by atoms with E-state index < -0.39 is 0 Å². The molecule has 0 aromatic carbocycles. The molecule has 1 fully saturated rings. The van der Waals surface area contributed by atoms with E-state index in [0.717, 1.165) is 25.7 Å². The Morgan fingerprint density at radius 3 is 2.22 bits per heavy atom. The number of unbranched alkanes of at least 4 members (excludes halogenated alkanes) is 2. The minimum absolute atomic E-state index is 0.790. The van der Waals surface area contributed by atoms with Crippen LogP contribution in [0.2, 0.25) is 0 Å². The summed E-state index contributed by atoms with van der Waals surface area (Å²) in [5, 5.41) is 0. The van der Waals surface area contributed by atoms with Crippen LogP contribution in [0.25, 0.3) is 0 Å². The van der Waals surface area contributed by atoms with Crippen molar-refractivity contribution in [2.75, 3.05) is 52.5 Å². The Balaban J connectivity index is 1.95. The van der Waals surface area contributed by atoms with Crippen LogP contribution in [0.5, 0.6) is 0 Å². The van der Waals surface area contributed by atoms with Crippen LogP contribution in [-0.4, -0.2) is 62.3 Å². The topological polar surface area (TPSA) is 15.7 Å². The number of nitrogens with zero attached hydrogens (tertiary/aromatic N) is 2. The third-order valence-corrected chi connectivity index (χ3v) is 3.53. The van der Waals surface area contributed by atoms with Crippen LogP contribution in [0.4, 0.5) is 0 Å². The Morgan fingerprint density at radius 2 is 1.61 bits per heavy atom. The van der Waals surface area contributed by atoms with E-state index in [1.807, 2.05) is 0 Å². The van der Waals surface area contributed by atoms with Gasteiger partial charge in [0.2, 0.25) is 0 Å². The maximum atomic E-state index is 5.67. The van der Waals surface area contributed by atoms with Crippen LogP contribution >= 0.6 is 0 Å². The van der Waals surface area contributed by atoms with Gasteiger partial charge in [-0.15, -0.1) is 0 Å². The number of ether oxygens (including phenoxy) is 1. The molecule has 0 unspecified atom stereocenters. The molecule has 0 N–H and O–H groups in total. The highest BCUT2D eigenvalue weighted by molar-refractivity contribution is 4.72. The molecule has 0 aromatic heterocycles. The lowest BCUT2D eigenvalue weighted by atomic mass is 10.2. The molecule has 3 heteroatoms. The van der Waals surface area contributed by atoms with Crippen molar-refractivity contribution in [3.8, 4) is 0 Å². The summed E-state index contributed by atoms with van der Waals surface area (Å²) < 4.78 is 5.67. The Labute approximate surface area is 113 Å². The fourth-order valence-corrected chi connectivity index (χ4v) is 2.46. The summed E-state index contributed by atoms with van der Waals surface area (Å²) in [5.74, 6) is 0.790. The van der Waals surface area contributed by atoms with E-state index in [2.05, 4.69) is 30.6 Å². The molecule has 18 heavy (non-hydrogen) atoms. The van der Waals surface area contributed by atoms with E-state index in [1.54, 1.807) is 0 Å². The Morgan fingerprint density at radius 1 is 0.944 bits per heavy atom. The molecule has 0 aliphatic carbocycles. The first-order valence-electron chi connectivity index (χ1n) is 7.74. The molecule has 0 radical (unpaired) electrons. The molecule has 1 saturated heterocycles. The molecule has 0 saturated carbocycles. The number of hydrogen-bond donors (Lipinski definition) is 0. The SMILES string of the molecule is CCCCCOCCN1CCN(CC(C)C)CC1. The summed E-state index contributed by atoms with van der Waals surface area (Å²) in [6, 6.07) is 0. The second-order valence-electron chi connectivity index (χ2n) is 5.86. The van der Waals surface area contributed by atoms with Gasteiger partial charge in [0.05, 0.1) is 6.61 Å². The lowest BCUT2D eigenvalue weighted by Crippen LogP contribution is -2.48. The van der Waals surface area contributed by atoms with Crippen molar-refractivity contribution < 1.29 is 4.74 Å². The van der Waals surface area contributed by atoms with E-state index in [9.17, 15) is 0 Å². The van der Waals surface area contributed by atoms with Crippen LogP contribution in [-0.2, 0) is 4.74 Å². The maximum Gasteiger partial charge on any atom is 0.0593 e. The molecule has 1 rings (SSSR count). The van der Waals surface area contributed by atoms with Crippen LogP contribution < -0.4 is 0 Å². The molecule has 0 amide bonds. The molecule has 1 aliphatic rings. The van der Waals surface area contributed by atoms with Crippen molar-refractivity contribution in [2.24, 2.45) is 5.92 Å². The zero-order chi connectivity index (χ0) is 13.2. The van der Waals surface area contributed by atoms with Crippen LogP contribution in [0, 0.1) is 5.92 Å². The summed E-state index contributed by atoms with van der Waals surface area (Å²) >= 11 is 0. The van der Waals surface area contributed by atoms with E-state index in [-0.39, 0.29) is 0 Å². The van der Waals surface area contributed by atoms with Crippen molar-refractivity contribution in [2.45, 2.75) is 40.0 Å². The molecular weight excluding hydrogens is 224 g/mol. The van der Waals surface area contributed by atoms with Gasteiger partial charge in [0.1, 0.15) is 0 Å². The second kappa shape index (κ2) is 9.76. The van der Waals surface area contributed by atoms with Gasteiger partial charge >= 0.3 is 0 Å². The minimum Gasteiger partial charge on any atom is -0.380 e. The highest BCUT2D eigenvalue weighted by Gasteiger charge is 2.16. The monoisotopic (exact) mass is 256 g/mol. The third-order valence-electron chi connectivity index (χ3n) is 3.53. The Hall–Kier alpha value is -0.120. The summed E-state index contributed by atoms with van der Waals surface area (Å²) in [4.78, 5) is 5.12. The van der Waals surface area contributed by atoms with E-state index in [1.165, 1.54) is 52.0 Å². The first kappa shape index (κ1) is 15.9. The largest absolute Gasteiger partial charge is 0.380 e. The van der Waals surface area contributed by atoms with Crippen molar-refractivity contribution in [1.29, 1.82) is 0 Å². The quantitative estimate of drug-likeness (QED) is 0.589. The van der Waals surface area contributed by atoms with Crippen molar-refractivity contribution in [3.63, 3.8) is 0 Å². The third kappa shape index (κ3) is 7.34. The predicted molar refractivity (Wildman–Crippen MR) is 78.1 cm³/mol. The average molecular weight is 256 g/mol. The summed E-state index contributed by atoms with van der Waals surface area (Å²) in [7, 11) is 0. The fraction of sp³-hybridized carbons (Fsp3) is 1.00. The number of rotatable bonds is 9. The molecule has 0 atom stereocenters. The van der Waals surface area contributed by atoms with Gasteiger partial charge in [-0.05, 0) is 12.3 Å². The molecule has 3 nitrogen and oxygen atoms in total. The van der Waals surface area contributed by atoms with Gasteiger partial charge in [-0.2, -0.15) is 0 Å². The predicted octanol–water partition coefficient (Wildman–Crippen LogP) is 2.47. The molecular formula is C15H32N2O. The van der Waals surface area contributed by atoms with Gasteiger partial charge in [0, 0.05) is 45.9 Å². The standard InChI is InChI=1S/C15H32N2O/c1-4-5-6-12-18-13-11-16-7-9-17(10-8-16)14-15(2)3/h15H,4-14H2,1-3H3.